The molecule has 0 amide bonds. The molecule has 6 heteroatoms. The van der Waals surface area contributed by atoms with Crippen LogP contribution >= 0.6 is 7.29 Å². The summed E-state index contributed by atoms with van der Waals surface area (Å²) in [5.41, 5.74) is 0. The number of nitrogens with one attached hydrogen (secondary N) is 1. The lowest BCUT2D eigenvalue weighted by molar-refractivity contribution is -0.128. The van der Waals surface area contributed by atoms with E-state index >= 15 is 0 Å². The van der Waals surface area contributed by atoms with Crippen LogP contribution in [0.15, 0.2) is 35.4 Å². The van der Waals surface area contributed by atoms with E-state index in [1.54, 1.807) is 24.3 Å². The first-order chi connectivity index (χ1) is 7.02. The fourth-order valence-electron chi connectivity index (χ4n) is 0.964. The zero-order valence-electron chi connectivity index (χ0n) is 8.12. The lowest BCUT2D eigenvalue weighted by Gasteiger charge is -2.11. The van der Waals surface area contributed by atoms with Crippen LogP contribution in [0.4, 0.5) is 0 Å². The van der Waals surface area contributed by atoms with E-state index in [2.05, 4.69) is 10.3 Å². The van der Waals surface area contributed by atoms with Gasteiger partial charge in [0.2, 0.25) is 7.29 Å². The number of nitrogens with zero attached hydrogens (tertiary/aromatic N) is 1. The van der Waals surface area contributed by atoms with Crippen LogP contribution in [0.2, 0.25) is 0 Å². The highest BCUT2D eigenvalue weighted by atomic mass is 31.2. The Morgan fingerprint density at radius 2 is 2.07 bits per heavy atom. The van der Waals surface area contributed by atoms with Crippen LogP contribution < -0.4 is 10.5 Å². The Kier molecular flexibility index (Phi) is 3.63. The second-order valence-corrected chi connectivity index (χ2v) is 5.52. The fourth-order valence-corrected chi connectivity index (χ4v) is 2.10. The van der Waals surface area contributed by atoms with Gasteiger partial charge in [-0.1, -0.05) is 18.2 Å². The van der Waals surface area contributed by atoms with Crippen molar-refractivity contribution < 1.29 is 14.5 Å². The summed E-state index contributed by atoms with van der Waals surface area (Å²) < 4.78 is 12.0. The van der Waals surface area contributed by atoms with Gasteiger partial charge in [0, 0.05) is 12.0 Å². The van der Waals surface area contributed by atoms with Crippen LogP contribution in [-0.2, 0) is 9.36 Å². The van der Waals surface area contributed by atoms with Crippen molar-refractivity contribution in [3.8, 4) is 0 Å². The Morgan fingerprint density at radius 1 is 1.47 bits per heavy atom. The van der Waals surface area contributed by atoms with E-state index in [1.165, 1.54) is 6.66 Å². The molecule has 0 heterocycles. The highest BCUT2D eigenvalue weighted by Crippen LogP contribution is 2.34. The molecule has 1 aromatic carbocycles. The second kappa shape index (κ2) is 4.75. The molecule has 0 saturated heterocycles. The molecule has 15 heavy (non-hydrogen) atoms. The van der Waals surface area contributed by atoms with Crippen LogP contribution in [-0.4, -0.2) is 24.0 Å². The standard InChI is InChI=1S/C9H11N2O3P/c1-15(14,11-10-7-9(12)13)8-5-3-2-4-6-8/h2-7H,1H3,(H,11,14)(H,12,13)/t15-/m0/s1. The minimum Gasteiger partial charge on any atom is -0.477 e. The predicted octanol–water partition coefficient (Wildman–Crippen LogP) is 0.880. The molecule has 0 aliphatic carbocycles. The molecule has 1 rings (SSSR count). The molecule has 0 aliphatic rings. The molecule has 1 atom stereocenters. The van der Waals surface area contributed by atoms with Gasteiger partial charge in [-0.05, 0) is 12.1 Å². The van der Waals surface area contributed by atoms with Crippen molar-refractivity contribution in [1.82, 2.24) is 5.20 Å². The molecular weight excluding hydrogens is 215 g/mol. The molecule has 0 aliphatic heterocycles. The second-order valence-electron chi connectivity index (χ2n) is 2.96. The zero-order valence-corrected chi connectivity index (χ0v) is 9.02. The Morgan fingerprint density at radius 3 is 2.60 bits per heavy atom. The van der Waals surface area contributed by atoms with Crippen molar-refractivity contribution in [2.24, 2.45) is 5.10 Å². The average molecular weight is 226 g/mol. The highest BCUT2D eigenvalue weighted by molar-refractivity contribution is 7.68. The van der Waals surface area contributed by atoms with Crippen LogP contribution in [0.3, 0.4) is 0 Å². The zero-order chi connectivity index (χ0) is 11.3. The molecule has 0 saturated carbocycles. The van der Waals surface area contributed by atoms with Gasteiger partial charge in [0.05, 0.1) is 0 Å². The largest absolute Gasteiger partial charge is 0.477 e. The third-order valence-corrected chi connectivity index (χ3v) is 3.45. The van der Waals surface area contributed by atoms with Crippen molar-refractivity contribution in [2.75, 3.05) is 6.66 Å². The Bertz CT molecular complexity index is 417. The number of rotatable bonds is 4. The summed E-state index contributed by atoms with van der Waals surface area (Å²) in [4.78, 5) is 10.1. The van der Waals surface area contributed by atoms with E-state index in [9.17, 15) is 9.36 Å². The SMILES string of the molecule is C[P@@](=O)(NN=CC(=O)O)c1ccccc1. The fraction of sp³-hybridized carbons (Fsp3) is 0.111. The number of carbonyl (C=O) groups is 1. The van der Waals surface area contributed by atoms with E-state index in [0.29, 0.717) is 11.5 Å². The summed E-state index contributed by atoms with van der Waals surface area (Å²) in [5, 5.41) is 14.6. The lowest BCUT2D eigenvalue weighted by Crippen LogP contribution is -2.14. The molecule has 0 spiro atoms. The van der Waals surface area contributed by atoms with Crippen molar-refractivity contribution >= 4 is 24.8 Å². The number of carboxylic acids is 1. The highest BCUT2D eigenvalue weighted by Gasteiger charge is 2.15. The summed E-state index contributed by atoms with van der Waals surface area (Å²) in [6, 6.07) is 8.72. The maximum absolute atomic E-state index is 12.0. The van der Waals surface area contributed by atoms with Crippen molar-refractivity contribution in [3.63, 3.8) is 0 Å². The van der Waals surface area contributed by atoms with Crippen molar-refractivity contribution in [1.29, 1.82) is 0 Å². The van der Waals surface area contributed by atoms with Gasteiger partial charge in [0.1, 0.15) is 6.21 Å². The van der Waals surface area contributed by atoms with Crippen LogP contribution in [0.1, 0.15) is 0 Å². The van der Waals surface area contributed by atoms with Crippen LogP contribution in [0.5, 0.6) is 0 Å². The first kappa shape index (κ1) is 11.5. The number of hydrazone groups is 1. The van der Waals surface area contributed by atoms with Gasteiger partial charge in [0.25, 0.3) is 0 Å². The number of hydrogen-bond acceptors (Lipinski definition) is 3. The van der Waals surface area contributed by atoms with Crippen molar-refractivity contribution in [2.45, 2.75) is 0 Å². The summed E-state index contributed by atoms with van der Waals surface area (Å²) in [6.45, 7) is 1.49. The molecular formula is C9H11N2O3P. The first-order valence-corrected chi connectivity index (χ1v) is 6.34. The number of benzene rings is 1. The van der Waals surface area contributed by atoms with E-state index in [-0.39, 0.29) is 0 Å². The van der Waals surface area contributed by atoms with Crippen molar-refractivity contribution in [3.05, 3.63) is 30.3 Å². The maximum Gasteiger partial charge on any atom is 0.348 e. The third kappa shape index (κ3) is 3.56. The smallest absolute Gasteiger partial charge is 0.348 e. The van der Waals surface area contributed by atoms with Gasteiger partial charge >= 0.3 is 5.97 Å². The van der Waals surface area contributed by atoms with Gasteiger partial charge in [-0.15, -0.1) is 0 Å². The lowest BCUT2D eigenvalue weighted by atomic mass is 10.4. The molecule has 0 fully saturated rings. The van der Waals surface area contributed by atoms with Crippen LogP contribution in [0.25, 0.3) is 0 Å². The summed E-state index contributed by atoms with van der Waals surface area (Å²) in [7, 11) is -2.81. The number of aliphatic carboxylic acids is 1. The Hall–Kier alpha value is -1.61. The summed E-state index contributed by atoms with van der Waals surface area (Å²) in [6.07, 6.45) is 0.666. The first-order valence-electron chi connectivity index (χ1n) is 4.19. The number of carboxylic acid groups (broad SMARTS) is 1. The van der Waals surface area contributed by atoms with E-state index in [0.717, 1.165) is 0 Å². The topological polar surface area (TPSA) is 78.8 Å². The molecule has 0 bridgehead atoms. The van der Waals surface area contributed by atoms with E-state index < -0.39 is 13.3 Å². The third-order valence-electron chi connectivity index (χ3n) is 1.67. The van der Waals surface area contributed by atoms with Gasteiger partial charge < -0.3 is 5.11 Å². The Labute approximate surface area is 87.2 Å². The monoisotopic (exact) mass is 226 g/mol. The molecule has 0 aromatic heterocycles. The average Bonchev–Trinajstić information content (AvgIpc) is 2.18. The molecule has 80 valence electrons. The number of hydrogen-bond donors (Lipinski definition) is 2. The molecule has 1 aromatic rings. The minimum absolute atomic E-state index is 0.604. The normalized spacial score (nSPS) is 14.7. The molecule has 5 nitrogen and oxygen atoms in total. The molecule has 0 radical (unpaired) electrons. The predicted molar refractivity (Wildman–Crippen MR) is 58.9 cm³/mol. The van der Waals surface area contributed by atoms with Gasteiger partial charge in [-0.25, -0.2) is 4.79 Å². The van der Waals surface area contributed by atoms with Gasteiger partial charge in [-0.3, -0.25) is 9.76 Å². The summed E-state index contributed by atoms with van der Waals surface area (Å²) >= 11 is 0. The van der Waals surface area contributed by atoms with Gasteiger partial charge in [-0.2, -0.15) is 5.10 Å². The quantitative estimate of drug-likeness (QED) is 0.453. The van der Waals surface area contributed by atoms with Gasteiger partial charge in [0.15, 0.2) is 0 Å². The Balaban J connectivity index is 2.77. The molecule has 0 unspecified atom stereocenters. The van der Waals surface area contributed by atoms with E-state index in [1.807, 2.05) is 6.07 Å². The van der Waals surface area contributed by atoms with Crippen LogP contribution in [0, 0.1) is 0 Å². The minimum atomic E-state index is -2.81. The summed E-state index contributed by atoms with van der Waals surface area (Å²) in [5.74, 6) is -1.18. The van der Waals surface area contributed by atoms with E-state index in [4.69, 9.17) is 5.11 Å². The molecule has 2 N–H and O–H groups in total. The maximum atomic E-state index is 12.0.